The highest BCUT2D eigenvalue weighted by Gasteiger charge is 2.29. The quantitative estimate of drug-likeness (QED) is 0.434. The highest BCUT2D eigenvalue weighted by Crippen LogP contribution is 2.39. The number of imide groups is 1. The number of aryl methyl sites for hydroxylation is 3. The molecule has 6 nitrogen and oxygen atoms in total. The van der Waals surface area contributed by atoms with Gasteiger partial charge < -0.3 is 9.47 Å². The Bertz CT molecular complexity index is 1210. The van der Waals surface area contributed by atoms with Crippen molar-refractivity contribution in [3.8, 4) is 0 Å². The van der Waals surface area contributed by atoms with Crippen molar-refractivity contribution < 1.29 is 9.59 Å². The zero-order chi connectivity index (χ0) is 25.1. The summed E-state index contributed by atoms with van der Waals surface area (Å²) in [5.41, 5.74) is 7.42. The number of fused-ring (bicyclic) bond motifs is 2. The zero-order valence-electron chi connectivity index (χ0n) is 21.9. The monoisotopic (exact) mass is 474 g/mol. The number of hydrogen-bond donors (Lipinski definition) is 0. The SMILES string of the molecule is CC(=O)N(C(C)=O)c1c2c(nc3c1c(C)c(C)n3CCCN(C)Cc1ccccc1)CCCCC2. The van der Waals surface area contributed by atoms with Gasteiger partial charge in [-0.3, -0.25) is 9.59 Å². The number of aromatic nitrogens is 2. The second-order valence-corrected chi connectivity index (χ2v) is 9.96. The van der Waals surface area contributed by atoms with E-state index in [2.05, 4.69) is 54.6 Å². The summed E-state index contributed by atoms with van der Waals surface area (Å²) < 4.78 is 2.30. The second-order valence-electron chi connectivity index (χ2n) is 9.96. The number of amides is 2. The first-order chi connectivity index (χ1) is 16.8. The van der Waals surface area contributed by atoms with Crippen molar-refractivity contribution >= 4 is 28.5 Å². The lowest BCUT2D eigenvalue weighted by Gasteiger charge is -2.24. The average Bonchev–Trinajstić information content (AvgIpc) is 2.96. The van der Waals surface area contributed by atoms with E-state index in [-0.39, 0.29) is 11.8 Å². The first-order valence-electron chi connectivity index (χ1n) is 12.8. The van der Waals surface area contributed by atoms with Gasteiger partial charge in [0.05, 0.1) is 5.69 Å². The molecule has 2 aromatic heterocycles. The molecule has 1 aliphatic carbocycles. The van der Waals surface area contributed by atoms with E-state index in [4.69, 9.17) is 4.98 Å². The topological polar surface area (TPSA) is 58.4 Å². The molecule has 0 aliphatic heterocycles. The molecule has 0 fully saturated rings. The van der Waals surface area contributed by atoms with Crippen LogP contribution in [0, 0.1) is 13.8 Å². The van der Waals surface area contributed by atoms with Gasteiger partial charge in [-0.1, -0.05) is 36.8 Å². The number of carbonyl (C=O) groups excluding carboxylic acids is 2. The van der Waals surface area contributed by atoms with Gasteiger partial charge in [-0.25, -0.2) is 9.88 Å². The van der Waals surface area contributed by atoms with E-state index < -0.39 is 0 Å². The van der Waals surface area contributed by atoms with Gasteiger partial charge >= 0.3 is 0 Å². The van der Waals surface area contributed by atoms with Crippen molar-refractivity contribution in [2.45, 2.75) is 79.3 Å². The van der Waals surface area contributed by atoms with Gasteiger partial charge in [0.15, 0.2) is 0 Å². The molecule has 0 spiro atoms. The molecule has 2 amide bonds. The highest BCUT2D eigenvalue weighted by molar-refractivity contribution is 6.18. The van der Waals surface area contributed by atoms with E-state index in [0.717, 1.165) is 97.4 Å². The Morgan fingerprint density at radius 3 is 2.37 bits per heavy atom. The van der Waals surface area contributed by atoms with Crippen molar-refractivity contribution in [2.75, 3.05) is 18.5 Å². The van der Waals surface area contributed by atoms with Crippen LogP contribution in [0.2, 0.25) is 0 Å². The molecule has 0 bridgehead atoms. The molecular formula is C29H38N4O2. The Balaban J connectivity index is 1.71. The maximum atomic E-state index is 12.7. The summed E-state index contributed by atoms with van der Waals surface area (Å²) in [6.07, 6.45) is 6.04. The normalized spacial score (nSPS) is 13.7. The van der Waals surface area contributed by atoms with Crippen LogP contribution >= 0.6 is 0 Å². The highest BCUT2D eigenvalue weighted by atomic mass is 16.2. The molecule has 3 aromatic rings. The Morgan fingerprint density at radius 2 is 1.69 bits per heavy atom. The van der Waals surface area contributed by atoms with Crippen LogP contribution in [0.3, 0.4) is 0 Å². The van der Waals surface area contributed by atoms with Gasteiger partial charge in [0.2, 0.25) is 11.8 Å². The van der Waals surface area contributed by atoms with Crippen molar-refractivity contribution in [3.63, 3.8) is 0 Å². The standard InChI is InChI=1S/C29H38N4O2/c1-20-21(2)32(18-12-17-31(5)19-24-13-8-6-9-14-24)29-27(20)28(33(22(3)34)23(4)35)25-15-10-7-11-16-26(25)30-29/h6,8-9,13-14H,7,10-12,15-19H2,1-5H3. The third kappa shape index (κ3) is 5.18. The number of hydrogen-bond acceptors (Lipinski definition) is 4. The molecule has 1 aromatic carbocycles. The summed E-state index contributed by atoms with van der Waals surface area (Å²) in [6, 6.07) is 10.5. The maximum Gasteiger partial charge on any atom is 0.230 e. The van der Waals surface area contributed by atoms with Crippen LogP contribution < -0.4 is 4.90 Å². The first-order valence-corrected chi connectivity index (χ1v) is 12.8. The van der Waals surface area contributed by atoms with Crippen molar-refractivity contribution in [2.24, 2.45) is 0 Å². The van der Waals surface area contributed by atoms with Gasteiger partial charge in [-0.05, 0) is 76.2 Å². The largest absolute Gasteiger partial charge is 0.330 e. The lowest BCUT2D eigenvalue weighted by Crippen LogP contribution is -2.34. The molecule has 2 heterocycles. The van der Waals surface area contributed by atoms with Crippen LogP contribution in [0.25, 0.3) is 11.0 Å². The van der Waals surface area contributed by atoms with E-state index in [1.807, 2.05) is 6.07 Å². The first kappa shape index (κ1) is 25.1. The van der Waals surface area contributed by atoms with Crippen molar-refractivity contribution in [1.82, 2.24) is 14.5 Å². The Kier molecular flexibility index (Phi) is 7.70. The molecule has 0 unspecified atom stereocenters. The Morgan fingerprint density at radius 1 is 1.00 bits per heavy atom. The summed E-state index contributed by atoms with van der Waals surface area (Å²) in [4.78, 5) is 34.3. The minimum Gasteiger partial charge on any atom is -0.330 e. The average molecular weight is 475 g/mol. The molecule has 6 heteroatoms. The lowest BCUT2D eigenvalue weighted by atomic mass is 10.0. The van der Waals surface area contributed by atoms with Crippen molar-refractivity contribution in [1.29, 1.82) is 0 Å². The second kappa shape index (κ2) is 10.7. The molecule has 0 saturated heterocycles. The van der Waals surface area contributed by atoms with Gasteiger partial charge in [-0.15, -0.1) is 0 Å². The predicted octanol–water partition coefficient (Wildman–Crippen LogP) is 5.34. The van der Waals surface area contributed by atoms with Crippen LogP contribution in [0.15, 0.2) is 30.3 Å². The zero-order valence-corrected chi connectivity index (χ0v) is 21.9. The summed E-state index contributed by atoms with van der Waals surface area (Å²) in [5.74, 6) is -0.465. The van der Waals surface area contributed by atoms with Crippen LogP contribution in [0.1, 0.15) is 67.6 Å². The van der Waals surface area contributed by atoms with E-state index in [0.29, 0.717) is 0 Å². The molecule has 0 N–H and O–H groups in total. The predicted molar refractivity (Wildman–Crippen MR) is 142 cm³/mol. The van der Waals surface area contributed by atoms with Gasteiger partial charge in [-0.2, -0.15) is 0 Å². The Hall–Kier alpha value is -2.99. The van der Waals surface area contributed by atoms with E-state index in [1.54, 1.807) is 0 Å². The summed E-state index contributed by atoms with van der Waals surface area (Å²) in [5, 5.41) is 0.964. The molecule has 0 atom stereocenters. The number of nitrogens with zero attached hydrogens (tertiary/aromatic N) is 4. The number of benzene rings is 1. The molecule has 35 heavy (non-hydrogen) atoms. The van der Waals surface area contributed by atoms with E-state index >= 15 is 0 Å². The smallest absolute Gasteiger partial charge is 0.230 e. The van der Waals surface area contributed by atoms with Crippen LogP contribution in [-0.2, 0) is 35.5 Å². The van der Waals surface area contributed by atoms with Crippen LogP contribution in [0.4, 0.5) is 5.69 Å². The van der Waals surface area contributed by atoms with Gasteiger partial charge in [0.25, 0.3) is 0 Å². The summed E-state index contributed by atoms with van der Waals surface area (Å²) in [7, 11) is 2.16. The number of carbonyl (C=O) groups is 2. The molecular weight excluding hydrogens is 436 g/mol. The van der Waals surface area contributed by atoms with Crippen LogP contribution in [0.5, 0.6) is 0 Å². The third-order valence-electron chi connectivity index (χ3n) is 7.32. The minimum absolute atomic E-state index is 0.233. The fraction of sp³-hybridized carbons (Fsp3) is 0.483. The molecule has 0 saturated carbocycles. The molecule has 0 radical (unpaired) electrons. The minimum atomic E-state index is -0.233. The van der Waals surface area contributed by atoms with E-state index in [9.17, 15) is 9.59 Å². The van der Waals surface area contributed by atoms with Crippen LogP contribution in [-0.4, -0.2) is 39.9 Å². The molecule has 186 valence electrons. The molecule has 1 aliphatic rings. The fourth-order valence-corrected chi connectivity index (χ4v) is 5.50. The number of pyridine rings is 1. The van der Waals surface area contributed by atoms with Gasteiger partial charge in [0.1, 0.15) is 5.65 Å². The summed E-state index contributed by atoms with van der Waals surface area (Å²) >= 11 is 0. The third-order valence-corrected chi connectivity index (χ3v) is 7.32. The van der Waals surface area contributed by atoms with Crippen molar-refractivity contribution in [3.05, 3.63) is 58.4 Å². The number of rotatable bonds is 7. The fourth-order valence-electron chi connectivity index (χ4n) is 5.50. The maximum absolute atomic E-state index is 12.7. The van der Waals surface area contributed by atoms with Gasteiger partial charge in [0, 0.05) is 43.7 Å². The van der Waals surface area contributed by atoms with E-state index in [1.165, 1.54) is 24.3 Å². The lowest BCUT2D eigenvalue weighted by molar-refractivity contribution is -0.124. The number of anilines is 1. The molecule has 4 rings (SSSR count). The summed E-state index contributed by atoms with van der Waals surface area (Å²) in [6.45, 7) is 9.94. The Labute approximate surface area is 208 Å².